The number of nitrogens with zero attached hydrogens (tertiary/aromatic N) is 4. The number of piperidine rings is 1. The first-order chi connectivity index (χ1) is 9.02. The summed E-state index contributed by atoms with van der Waals surface area (Å²) in [7, 11) is 8.41. The van der Waals surface area contributed by atoms with Gasteiger partial charge in [-0.1, -0.05) is 0 Å². The third-order valence-corrected chi connectivity index (χ3v) is 4.30. The Balaban J connectivity index is 2.04. The standard InChI is InChI=1S/C14H27N5/c1-11-13(14(15-2)19(5)16-11)10-18(4)12-6-8-17(3)9-7-12/h12,15H,6-10H2,1-5H3. The molecule has 1 N–H and O–H groups in total. The van der Waals surface area contributed by atoms with Crippen LogP contribution in [0.5, 0.6) is 0 Å². The summed E-state index contributed by atoms with van der Waals surface area (Å²) in [4.78, 5) is 4.90. The fourth-order valence-corrected chi connectivity index (χ4v) is 3.02. The molecule has 1 fully saturated rings. The lowest BCUT2D eigenvalue weighted by molar-refractivity contribution is 0.139. The Kier molecular flexibility index (Phi) is 4.47. The number of hydrogen-bond donors (Lipinski definition) is 1. The Morgan fingerprint density at radius 1 is 1.32 bits per heavy atom. The zero-order valence-corrected chi connectivity index (χ0v) is 12.9. The lowest BCUT2D eigenvalue weighted by Gasteiger charge is -2.35. The average molecular weight is 265 g/mol. The third-order valence-electron chi connectivity index (χ3n) is 4.30. The van der Waals surface area contributed by atoms with Crippen LogP contribution in [-0.4, -0.2) is 59.9 Å². The molecule has 0 atom stereocenters. The number of aryl methyl sites for hydroxylation is 2. The first kappa shape index (κ1) is 14.3. The van der Waals surface area contributed by atoms with Crippen molar-refractivity contribution in [3.05, 3.63) is 11.3 Å². The van der Waals surface area contributed by atoms with Gasteiger partial charge in [-0.05, 0) is 47.0 Å². The highest BCUT2D eigenvalue weighted by atomic mass is 15.3. The van der Waals surface area contributed by atoms with E-state index in [4.69, 9.17) is 0 Å². The molecule has 0 bridgehead atoms. The van der Waals surface area contributed by atoms with Crippen molar-refractivity contribution in [2.75, 3.05) is 39.5 Å². The summed E-state index contributed by atoms with van der Waals surface area (Å²) in [6.45, 7) is 5.49. The number of anilines is 1. The topological polar surface area (TPSA) is 36.3 Å². The fraction of sp³-hybridized carbons (Fsp3) is 0.786. The average Bonchev–Trinajstić information content (AvgIpc) is 2.64. The molecule has 0 amide bonds. The maximum atomic E-state index is 4.51. The minimum Gasteiger partial charge on any atom is -0.373 e. The Morgan fingerprint density at radius 2 is 1.95 bits per heavy atom. The molecular formula is C14H27N5. The molecule has 5 heteroatoms. The predicted molar refractivity (Wildman–Crippen MR) is 79.5 cm³/mol. The van der Waals surface area contributed by atoms with E-state index in [9.17, 15) is 0 Å². The second-order valence-corrected chi connectivity index (χ2v) is 5.74. The van der Waals surface area contributed by atoms with Crippen LogP contribution in [0.4, 0.5) is 5.82 Å². The summed E-state index contributed by atoms with van der Waals surface area (Å²) in [5.41, 5.74) is 2.46. The van der Waals surface area contributed by atoms with Gasteiger partial charge < -0.3 is 10.2 Å². The maximum Gasteiger partial charge on any atom is 0.128 e. The van der Waals surface area contributed by atoms with Gasteiger partial charge in [-0.25, -0.2) is 0 Å². The molecule has 1 aliphatic heterocycles. The van der Waals surface area contributed by atoms with Gasteiger partial charge in [-0.15, -0.1) is 0 Å². The van der Waals surface area contributed by atoms with Crippen molar-refractivity contribution in [3.8, 4) is 0 Å². The van der Waals surface area contributed by atoms with Gasteiger partial charge in [0.15, 0.2) is 0 Å². The van der Waals surface area contributed by atoms with Crippen LogP contribution in [0.2, 0.25) is 0 Å². The van der Waals surface area contributed by atoms with Crippen molar-refractivity contribution >= 4 is 5.82 Å². The van der Waals surface area contributed by atoms with Gasteiger partial charge in [0, 0.05) is 32.2 Å². The van der Waals surface area contributed by atoms with Crippen molar-refractivity contribution in [1.82, 2.24) is 19.6 Å². The summed E-state index contributed by atoms with van der Waals surface area (Å²) in [5, 5.41) is 7.78. The molecule has 0 aromatic carbocycles. The van der Waals surface area contributed by atoms with Gasteiger partial charge in [0.05, 0.1) is 5.69 Å². The zero-order valence-electron chi connectivity index (χ0n) is 12.9. The van der Waals surface area contributed by atoms with Crippen LogP contribution >= 0.6 is 0 Å². The molecule has 0 unspecified atom stereocenters. The van der Waals surface area contributed by atoms with Crippen LogP contribution in [0.15, 0.2) is 0 Å². The van der Waals surface area contributed by atoms with Gasteiger partial charge in [-0.3, -0.25) is 9.58 Å². The molecule has 0 aliphatic carbocycles. The predicted octanol–water partition coefficient (Wildman–Crippen LogP) is 1.30. The first-order valence-corrected chi connectivity index (χ1v) is 7.12. The lowest BCUT2D eigenvalue weighted by Crippen LogP contribution is -2.41. The number of likely N-dealkylation sites (tertiary alicyclic amines) is 1. The SMILES string of the molecule is CNc1c(CN(C)C2CCN(C)CC2)c(C)nn1C. The molecule has 1 aromatic heterocycles. The highest BCUT2D eigenvalue weighted by Gasteiger charge is 2.22. The molecule has 19 heavy (non-hydrogen) atoms. The second-order valence-electron chi connectivity index (χ2n) is 5.74. The highest BCUT2D eigenvalue weighted by Crippen LogP contribution is 2.23. The minimum absolute atomic E-state index is 0.695. The Morgan fingerprint density at radius 3 is 2.53 bits per heavy atom. The van der Waals surface area contributed by atoms with Crippen LogP contribution in [0, 0.1) is 6.92 Å². The van der Waals surface area contributed by atoms with Crippen molar-refractivity contribution in [2.45, 2.75) is 32.4 Å². The molecule has 1 saturated heterocycles. The number of aromatic nitrogens is 2. The van der Waals surface area contributed by atoms with Crippen molar-refractivity contribution in [1.29, 1.82) is 0 Å². The number of hydrogen-bond acceptors (Lipinski definition) is 4. The Labute approximate surface area is 116 Å². The van der Waals surface area contributed by atoms with Crippen LogP contribution in [0.25, 0.3) is 0 Å². The molecule has 1 aromatic rings. The van der Waals surface area contributed by atoms with Gasteiger partial charge >= 0.3 is 0 Å². The zero-order chi connectivity index (χ0) is 14.0. The van der Waals surface area contributed by atoms with E-state index >= 15 is 0 Å². The summed E-state index contributed by atoms with van der Waals surface area (Å²) >= 11 is 0. The maximum absolute atomic E-state index is 4.51. The van der Waals surface area contributed by atoms with Crippen LogP contribution in [0.1, 0.15) is 24.1 Å². The smallest absolute Gasteiger partial charge is 0.128 e. The monoisotopic (exact) mass is 265 g/mol. The number of rotatable bonds is 4. The largest absolute Gasteiger partial charge is 0.373 e. The molecule has 0 spiro atoms. The van der Waals surface area contributed by atoms with Crippen LogP contribution in [0.3, 0.4) is 0 Å². The molecule has 2 heterocycles. The molecule has 5 nitrogen and oxygen atoms in total. The quantitative estimate of drug-likeness (QED) is 0.890. The van der Waals surface area contributed by atoms with E-state index in [0.29, 0.717) is 6.04 Å². The summed E-state index contributed by atoms with van der Waals surface area (Å²) in [6, 6.07) is 0.695. The van der Waals surface area contributed by atoms with Gasteiger partial charge in [-0.2, -0.15) is 5.10 Å². The van der Waals surface area contributed by atoms with E-state index in [1.54, 1.807) is 0 Å². The normalized spacial score (nSPS) is 18.2. The van der Waals surface area contributed by atoms with Crippen LogP contribution in [-0.2, 0) is 13.6 Å². The molecule has 0 saturated carbocycles. The van der Waals surface area contributed by atoms with Gasteiger partial charge in [0.1, 0.15) is 5.82 Å². The first-order valence-electron chi connectivity index (χ1n) is 7.12. The lowest BCUT2D eigenvalue weighted by atomic mass is 10.0. The summed E-state index contributed by atoms with van der Waals surface area (Å²) < 4.78 is 1.94. The summed E-state index contributed by atoms with van der Waals surface area (Å²) in [6.07, 6.45) is 2.53. The van der Waals surface area contributed by atoms with Crippen molar-refractivity contribution in [3.63, 3.8) is 0 Å². The molecule has 1 aliphatic rings. The highest BCUT2D eigenvalue weighted by molar-refractivity contribution is 5.46. The van der Waals surface area contributed by atoms with E-state index in [1.165, 1.54) is 31.5 Å². The second kappa shape index (κ2) is 5.92. The van der Waals surface area contributed by atoms with Crippen molar-refractivity contribution < 1.29 is 0 Å². The van der Waals surface area contributed by atoms with E-state index in [1.807, 2.05) is 18.8 Å². The van der Waals surface area contributed by atoms with E-state index in [2.05, 4.69) is 41.2 Å². The summed E-state index contributed by atoms with van der Waals surface area (Å²) in [5.74, 6) is 1.14. The Bertz CT molecular complexity index is 418. The van der Waals surface area contributed by atoms with Crippen molar-refractivity contribution in [2.24, 2.45) is 7.05 Å². The molecule has 2 rings (SSSR count). The third kappa shape index (κ3) is 3.09. The minimum atomic E-state index is 0.695. The fourth-order valence-electron chi connectivity index (χ4n) is 3.02. The van der Waals surface area contributed by atoms with Gasteiger partial charge in [0.2, 0.25) is 0 Å². The Hall–Kier alpha value is -1.07. The molecular weight excluding hydrogens is 238 g/mol. The molecule has 108 valence electrons. The molecule has 0 radical (unpaired) electrons. The van der Waals surface area contributed by atoms with E-state index in [0.717, 1.165) is 18.1 Å². The van der Waals surface area contributed by atoms with Crippen LogP contribution < -0.4 is 5.32 Å². The van der Waals surface area contributed by atoms with E-state index in [-0.39, 0.29) is 0 Å². The van der Waals surface area contributed by atoms with E-state index < -0.39 is 0 Å². The van der Waals surface area contributed by atoms with Gasteiger partial charge in [0.25, 0.3) is 0 Å². The number of nitrogens with one attached hydrogen (secondary N) is 1.